The molecule has 0 aromatic heterocycles. The topological polar surface area (TPSA) is 21.3 Å². The minimum absolute atomic E-state index is 0.0527. The molecule has 1 saturated heterocycles. The van der Waals surface area contributed by atoms with E-state index in [-0.39, 0.29) is 11.9 Å². The lowest BCUT2D eigenvalue weighted by molar-refractivity contribution is 0.0768. The Morgan fingerprint density at radius 3 is 2.93 bits per heavy atom. The Morgan fingerprint density at radius 1 is 1.43 bits per heavy atom. The maximum Gasteiger partial charge on any atom is 0.125 e. The molecular formula is C10H11ClFNO. The molecule has 1 N–H and O–H groups in total. The third-order valence-electron chi connectivity index (χ3n) is 2.21. The number of benzene rings is 1. The van der Waals surface area contributed by atoms with Crippen LogP contribution in [-0.2, 0) is 4.74 Å². The summed E-state index contributed by atoms with van der Waals surface area (Å²) in [6.45, 7) is 2.07. The monoisotopic (exact) mass is 215 g/mol. The highest BCUT2D eigenvalue weighted by Crippen LogP contribution is 2.21. The Hall–Kier alpha value is -0.640. The van der Waals surface area contributed by atoms with Gasteiger partial charge in [0.15, 0.2) is 0 Å². The van der Waals surface area contributed by atoms with Crippen molar-refractivity contribution in [3.63, 3.8) is 0 Å². The lowest BCUT2D eigenvalue weighted by Gasteiger charge is -2.24. The van der Waals surface area contributed by atoms with Crippen molar-refractivity contribution in [3.8, 4) is 0 Å². The fourth-order valence-electron chi connectivity index (χ4n) is 1.56. The molecule has 4 heteroatoms. The number of nitrogens with one attached hydrogen (secondary N) is 1. The molecule has 1 aliphatic rings. The molecule has 0 spiro atoms. The molecule has 1 aromatic carbocycles. The second-order valence-corrected chi connectivity index (χ2v) is 3.72. The summed E-state index contributed by atoms with van der Waals surface area (Å²) in [6, 6.07) is 4.60. The number of hydrogen-bond donors (Lipinski definition) is 1. The van der Waals surface area contributed by atoms with Crippen molar-refractivity contribution in [2.24, 2.45) is 0 Å². The van der Waals surface area contributed by atoms with Crippen molar-refractivity contribution in [1.29, 1.82) is 0 Å². The zero-order valence-corrected chi connectivity index (χ0v) is 8.35. The van der Waals surface area contributed by atoms with E-state index in [1.54, 1.807) is 6.07 Å². The summed E-state index contributed by atoms with van der Waals surface area (Å²) in [5.74, 6) is -0.306. The van der Waals surface area contributed by atoms with E-state index < -0.39 is 0 Å². The summed E-state index contributed by atoms with van der Waals surface area (Å²) in [7, 11) is 0. The Bertz CT molecular complexity index is 306. The molecule has 1 heterocycles. The Kier molecular flexibility index (Phi) is 3.01. The van der Waals surface area contributed by atoms with Gasteiger partial charge in [-0.2, -0.15) is 0 Å². The van der Waals surface area contributed by atoms with Crippen molar-refractivity contribution < 1.29 is 9.13 Å². The normalized spacial score (nSPS) is 22.3. The van der Waals surface area contributed by atoms with Gasteiger partial charge in [0, 0.05) is 11.6 Å². The van der Waals surface area contributed by atoms with Gasteiger partial charge in [0.1, 0.15) is 5.82 Å². The molecule has 2 nitrogen and oxygen atoms in total. The number of morpholine rings is 1. The first kappa shape index (κ1) is 9.90. The number of rotatable bonds is 1. The van der Waals surface area contributed by atoms with E-state index in [1.807, 2.05) is 0 Å². The molecule has 76 valence electrons. The first-order valence-electron chi connectivity index (χ1n) is 4.53. The van der Waals surface area contributed by atoms with Crippen molar-refractivity contribution in [3.05, 3.63) is 34.6 Å². The highest BCUT2D eigenvalue weighted by Gasteiger charge is 2.16. The van der Waals surface area contributed by atoms with Gasteiger partial charge in [-0.1, -0.05) is 11.6 Å². The third kappa shape index (κ3) is 2.23. The molecule has 1 aromatic rings. The lowest BCUT2D eigenvalue weighted by Crippen LogP contribution is -2.34. The molecule has 1 atom stereocenters. The van der Waals surface area contributed by atoms with Crippen molar-refractivity contribution in [2.45, 2.75) is 6.04 Å². The minimum atomic E-state index is -0.306. The SMILES string of the molecule is Fc1cc(Cl)cc([C@@H]2COCCN2)c1. The van der Waals surface area contributed by atoms with Gasteiger partial charge in [-0.25, -0.2) is 4.39 Å². The first-order valence-corrected chi connectivity index (χ1v) is 4.90. The van der Waals surface area contributed by atoms with Gasteiger partial charge >= 0.3 is 0 Å². The molecule has 0 bridgehead atoms. The first-order chi connectivity index (χ1) is 6.75. The molecule has 2 rings (SSSR count). The molecule has 1 fully saturated rings. The van der Waals surface area contributed by atoms with Crippen LogP contribution in [-0.4, -0.2) is 19.8 Å². The molecule has 0 saturated carbocycles. The minimum Gasteiger partial charge on any atom is -0.378 e. The molecular weight excluding hydrogens is 205 g/mol. The predicted molar refractivity (Wildman–Crippen MR) is 53.0 cm³/mol. The van der Waals surface area contributed by atoms with Crippen molar-refractivity contribution >= 4 is 11.6 Å². The van der Waals surface area contributed by atoms with E-state index in [0.29, 0.717) is 18.2 Å². The highest BCUT2D eigenvalue weighted by atomic mass is 35.5. The van der Waals surface area contributed by atoms with Crippen LogP contribution < -0.4 is 5.32 Å². The smallest absolute Gasteiger partial charge is 0.125 e. The second-order valence-electron chi connectivity index (χ2n) is 3.28. The van der Waals surface area contributed by atoms with Gasteiger partial charge in [-0.05, 0) is 23.8 Å². The Morgan fingerprint density at radius 2 is 2.29 bits per heavy atom. The maximum absolute atomic E-state index is 13.0. The van der Waals surface area contributed by atoms with Gasteiger partial charge in [-0.15, -0.1) is 0 Å². The van der Waals surface area contributed by atoms with Crippen LogP contribution in [0.5, 0.6) is 0 Å². The van der Waals surface area contributed by atoms with Gasteiger partial charge < -0.3 is 10.1 Å². The van der Waals surface area contributed by atoms with Gasteiger partial charge in [0.25, 0.3) is 0 Å². The largest absolute Gasteiger partial charge is 0.378 e. The number of halogens is 2. The summed E-state index contributed by atoms with van der Waals surface area (Å²) < 4.78 is 18.3. The van der Waals surface area contributed by atoms with Crippen LogP contribution in [0.25, 0.3) is 0 Å². The van der Waals surface area contributed by atoms with Crippen LogP contribution in [0.1, 0.15) is 11.6 Å². The fraction of sp³-hybridized carbons (Fsp3) is 0.400. The van der Waals surface area contributed by atoms with Crippen LogP contribution in [0.3, 0.4) is 0 Å². The lowest BCUT2D eigenvalue weighted by atomic mass is 10.1. The van der Waals surface area contributed by atoms with Gasteiger partial charge in [0.2, 0.25) is 0 Å². The Labute approximate surface area is 87.0 Å². The number of ether oxygens (including phenoxy) is 1. The molecule has 0 radical (unpaired) electrons. The van der Waals surface area contributed by atoms with E-state index in [0.717, 1.165) is 12.1 Å². The molecule has 14 heavy (non-hydrogen) atoms. The molecule has 0 aliphatic carbocycles. The number of hydrogen-bond acceptors (Lipinski definition) is 2. The average molecular weight is 216 g/mol. The zero-order chi connectivity index (χ0) is 9.97. The summed E-state index contributed by atoms with van der Waals surface area (Å²) in [5.41, 5.74) is 0.842. The zero-order valence-electron chi connectivity index (χ0n) is 7.59. The van der Waals surface area contributed by atoms with E-state index in [4.69, 9.17) is 16.3 Å². The highest BCUT2D eigenvalue weighted by molar-refractivity contribution is 6.30. The average Bonchev–Trinajstić information content (AvgIpc) is 2.18. The Balaban J connectivity index is 2.21. The fourth-order valence-corrected chi connectivity index (χ4v) is 1.79. The summed E-state index contributed by atoms with van der Waals surface area (Å²) in [6.07, 6.45) is 0. The van der Waals surface area contributed by atoms with E-state index in [1.165, 1.54) is 12.1 Å². The van der Waals surface area contributed by atoms with Crippen LogP contribution in [0, 0.1) is 5.82 Å². The summed E-state index contributed by atoms with van der Waals surface area (Å²) >= 11 is 5.76. The van der Waals surface area contributed by atoms with Crippen molar-refractivity contribution in [2.75, 3.05) is 19.8 Å². The second kappa shape index (κ2) is 4.26. The van der Waals surface area contributed by atoms with Crippen LogP contribution in [0.2, 0.25) is 5.02 Å². The molecule has 1 aliphatic heterocycles. The van der Waals surface area contributed by atoms with E-state index in [9.17, 15) is 4.39 Å². The van der Waals surface area contributed by atoms with Gasteiger partial charge in [-0.3, -0.25) is 0 Å². The third-order valence-corrected chi connectivity index (χ3v) is 2.43. The van der Waals surface area contributed by atoms with Crippen LogP contribution >= 0.6 is 11.6 Å². The summed E-state index contributed by atoms with van der Waals surface area (Å²) in [4.78, 5) is 0. The van der Waals surface area contributed by atoms with Crippen molar-refractivity contribution in [1.82, 2.24) is 5.32 Å². The van der Waals surface area contributed by atoms with E-state index >= 15 is 0 Å². The van der Waals surface area contributed by atoms with Crippen LogP contribution in [0.4, 0.5) is 4.39 Å². The predicted octanol–water partition coefficient (Wildman–Crippen LogP) is 2.14. The standard InChI is InChI=1S/C10H11ClFNO/c11-8-3-7(4-9(12)5-8)10-6-14-2-1-13-10/h3-5,10,13H,1-2,6H2/t10-/m0/s1. The maximum atomic E-state index is 13.0. The quantitative estimate of drug-likeness (QED) is 0.775. The molecule has 0 amide bonds. The van der Waals surface area contributed by atoms with Gasteiger partial charge in [0.05, 0.1) is 19.3 Å². The van der Waals surface area contributed by atoms with Crippen LogP contribution in [0.15, 0.2) is 18.2 Å². The molecule has 0 unspecified atom stereocenters. The summed E-state index contributed by atoms with van der Waals surface area (Å²) in [5, 5.41) is 3.66. The van der Waals surface area contributed by atoms with E-state index in [2.05, 4.69) is 5.32 Å².